The zero-order valence-electron chi connectivity index (χ0n) is 16.1. The summed E-state index contributed by atoms with van der Waals surface area (Å²) in [6, 6.07) is 2.22. The van der Waals surface area contributed by atoms with E-state index in [4.69, 9.17) is 10.5 Å². The molecule has 1 rings (SSSR count). The summed E-state index contributed by atoms with van der Waals surface area (Å²) in [5.74, 6) is -0.773. The second-order valence-electron chi connectivity index (χ2n) is 8.14. The van der Waals surface area contributed by atoms with Gasteiger partial charge in [0.05, 0.1) is 12.6 Å². The Labute approximate surface area is 156 Å². The van der Waals surface area contributed by atoms with Crippen LogP contribution < -0.4 is 5.73 Å². The highest BCUT2D eigenvalue weighted by Crippen LogP contribution is 2.41. The molecule has 0 radical (unpaired) electrons. The summed E-state index contributed by atoms with van der Waals surface area (Å²) in [4.78, 5) is 11.7. The molecule has 0 fully saturated rings. The molecule has 3 N–H and O–H groups in total. The first-order chi connectivity index (χ1) is 10.8. The third-order valence-corrected chi connectivity index (χ3v) is 3.96. The Hall–Kier alpha value is -1.33. The maximum Gasteiger partial charge on any atom is 0.342 e. The molecule has 4 nitrogen and oxygen atoms in total. The first-order valence-electron chi connectivity index (χ1n) is 8.24. The van der Waals surface area contributed by atoms with E-state index in [1.165, 1.54) is 0 Å². The first-order valence-corrected chi connectivity index (χ1v) is 8.24. The lowest BCUT2D eigenvalue weighted by Crippen LogP contribution is -2.32. The topological polar surface area (TPSA) is 72.5 Å². The molecule has 144 valence electrons. The van der Waals surface area contributed by atoms with Crippen molar-refractivity contribution in [3.8, 4) is 5.75 Å². The van der Waals surface area contributed by atoms with Gasteiger partial charge in [0, 0.05) is 0 Å². The molecule has 0 saturated carbocycles. The van der Waals surface area contributed by atoms with Crippen LogP contribution in [-0.2, 0) is 20.4 Å². The number of aromatic hydroxyl groups is 1. The van der Waals surface area contributed by atoms with Gasteiger partial charge in [-0.05, 0) is 46.6 Å². The zero-order chi connectivity index (χ0) is 18.9. The minimum Gasteiger partial charge on any atom is -0.507 e. The Bertz CT molecular complexity index is 571. The summed E-state index contributed by atoms with van der Waals surface area (Å²) < 4.78 is 19.1. The standard InChI is InChI=1S/C19H30FNO3.ClH/c1-8-24-17(23)14(20)15(21)11-9-12(18(2,3)4)16(22)13(10-11)19(5,6)7;/h9-10,14-15,22H,8,21H2,1-7H3;1H/t14?,15-;/m0./s1. The van der Waals surface area contributed by atoms with Crippen LogP contribution in [-0.4, -0.2) is 23.9 Å². The second-order valence-corrected chi connectivity index (χ2v) is 8.14. The van der Waals surface area contributed by atoms with Gasteiger partial charge in [-0.1, -0.05) is 41.5 Å². The molecule has 0 saturated heterocycles. The predicted molar refractivity (Wildman–Crippen MR) is 101 cm³/mol. The largest absolute Gasteiger partial charge is 0.507 e. The third-order valence-electron chi connectivity index (χ3n) is 3.96. The summed E-state index contributed by atoms with van der Waals surface area (Å²) in [5, 5.41) is 10.7. The molecule has 0 heterocycles. The van der Waals surface area contributed by atoms with Gasteiger partial charge in [-0.15, -0.1) is 12.4 Å². The molecule has 0 aromatic heterocycles. The van der Waals surface area contributed by atoms with Gasteiger partial charge in [0.25, 0.3) is 0 Å². The second kappa shape index (κ2) is 8.37. The lowest BCUT2D eigenvalue weighted by Gasteiger charge is -2.29. The summed E-state index contributed by atoms with van der Waals surface area (Å²) in [7, 11) is 0. The van der Waals surface area contributed by atoms with Crippen molar-refractivity contribution in [1.29, 1.82) is 0 Å². The fraction of sp³-hybridized carbons (Fsp3) is 0.632. The number of nitrogens with two attached hydrogens (primary N) is 1. The summed E-state index contributed by atoms with van der Waals surface area (Å²) >= 11 is 0. The number of alkyl halides is 1. The molecule has 0 aliphatic heterocycles. The lowest BCUT2D eigenvalue weighted by molar-refractivity contribution is -0.149. The van der Waals surface area contributed by atoms with Crippen molar-refractivity contribution in [1.82, 2.24) is 0 Å². The SMILES string of the molecule is CCOC(=O)C(F)[C@@H](N)c1cc(C(C)(C)C)c(O)c(C(C)(C)C)c1.Cl. The van der Waals surface area contributed by atoms with Crippen molar-refractivity contribution in [2.75, 3.05) is 6.61 Å². The molecular formula is C19H31ClFNO3. The Morgan fingerprint density at radius 3 is 1.88 bits per heavy atom. The third kappa shape index (κ3) is 5.58. The Morgan fingerprint density at radius 2 is 1.56 bits per heavy atom. The van der Waals surface area contributed by atoms with E-state index in [9.17, 15) is 14.3 Å². The molecular weight excluding hydrogens is 345 g/mol. The Kier molecular flexibility index (Phi) is 7.92. The number of phenolic OH excluding ortho intramolecular Hbond substituents is 1. The fourth-order valence-corrected chi connectivity index (χ4v) is 2.53. The molecule has 1 aromatic carbocycles. The normalized spacial score (nSPS) is 14.4. The van der Waals surface area contributed by atoms with Crippen LogP contribution in [0.1, 0.15) is 71.2 Å². The molecule has 0 bridgehead atoms. The Balaban J connectivity index is 0.00000576. The number of ether oxygens (including phenoxy) is 1. The summed E-state index contributed by atoms with van der Waals surface area (Å²) in [6.45, 7) is 13.5. The Morgan fingerprint density at radius 1 is 1.16 bits per heavy atom. The molecule has 6 heteroatoms. The van der Waals surface area contributed by atoms with Gasteiger partial charge in [-0.25, -0.2) is 9.18 Å². The van der Waals surface area contributed by atoms with Crippen molar-refractivity contribution in [2.24, 2.45) is 5.73 Å². The van der Waals surface area contributed by atoms with Crippen molar-refractivity contribution < 1.29 is 19.0 Å². The summed E-state index contributed by atoms with van der Waals surface area (Å²) in [5.41, 5.74) is 7.11. The molecule has 1 unspecified atom stereocenters. The monoisotopic (exact) mass is 375 g/mol. The van der Waals surface area contributed by atoms with E-state index in [1.807, 2.05) is 41.5 Å². The lowest BCUT2D eigenvalue weighted by atomic mass is 9.77. The first kappa shape index (κ1) is 23.7. The van der Waals surface area contributed by atoms with E-state index >= 15 is 0 Å². The molecule has 1 aromatic rings. The molecule has 0 amide bonds. The molecule has 25 heavy (non-hydrogen) atoms. The quantitative estimate of drug-likeness (QED) is 0.769. The highest BCUT2D eigenvalue weighted by atomic mass is 35.5. The number of phenols is 1. The van der Waals surface area contributed by atoms with Crippen molar-refractivity contribution in [2.45, 2.75) is 71.5 Å². The number of rotatable bonds is 4. The van der Waals surface area contributed by atoms with Crippen LogP contribution in [0.15, 0.2) is 12.1 Å². The van der Waals surface area contributed by atoms with Crippen LogP contribution >= 0.6 is 12.4 Å². The van der Waals surface area contributed by atoms with Crippen LogP contribution in [0.5, 0.6) is 5.75 Å². The van der Waals surface area contributed by atoms with Crippen LogP contribution in [0.25, 0.3) is 0 Å². The van der Waals surface area contributed by atoms with Crippen LogP contribution in [0.2, 0.25) is 0 Å². The van der Waals surface area contributed by atoms with E-state index < -0.39 is 18.2 Å². The van der Waals surface area contributed by atoms with Gasteiger partial charge in [-0.2, -0.15) is 0 Å². The van der Waals surface area contributed by atoms with Gasteiger partial charge in [0.15, 0.2) is 0 Å². The van der Waals surface area contributed by atoms with Crippen LogP contribution in [0.3, 0.4) is 0 Å². The van der Waals surface area contributed by atoms with E-state index in [0.717, 1.165) is 0 Å². The highest BCUT2D eigenvalue weighted by molar-refractivity contribution is 5.85. The summed E-state index contributed by atoms with van der Waals surface area (Å²) in [6.07, 6.45) is -1.95. The maximum absolute atomic E-state index is 14.4. The van der Waals surface area contributed by atoms with E-state index in [1.54, 1.807) is 19.1 Å². The van der Waals surface area contributed by atoms with Crippen LogP contribution in [0, 0.1) is 0 Å². The van der Waals surface area contributed by atoms with Crippen molar-refractivity contribution in [3.63, 3.8) is 0 Å². The average Bonchev–Trinajstić information content (AvgIpc) is 2.43. The van der Waals surface area contributed by atoms with Gasteiger partial charge in [-0.3, -0.25) is 0 Å². The number of halogens is 2. The minimum atomic E-state index is -1.95. The average molecular weight is 376 g/mol. The number of carbonyl (C=O) groups excluding carboxylic acids is 1. The van der Waals surface area contributed by atoms with Crippen LogP contribution in [0.4, 0.5) is 4.39 Å². The van der Waals surface area contributed by atoms with Gasteiger partial charge in [0.2, 0.25) is 6.17 Å². The van der Waals surface area contributed by atoms with E-state index in [2.05, 4.69) is 0 Å². The number of hydrogen-bond acceptors (Lipinski definition) is 4. The molecule has 0 aliphatic carbocycles. The predicted octanol–water partition coefficient (Wildman–Crippen LogP) is 4.31. The van der Waals surface area contributed by atoms with E-state index in [0.29, 0.717) is 16.7 Å². The number of benzene rings is 1. The molecule has 0 spiro atoms. The molecule has 0 aliphatic rings. The maximum atomic E-state index is 14.4. The fourth-order valence-electron chi connectivity index (χ4n) is 2.53. The number of carbonyl (C=O) groups is 1. The minimum absolute atomic E-state index is 0. The molecule has 2 atom stereocenters. The smallest absolute Gasteiger partial charge is 0.342 e. The number of esters is 1. The highest BCUT2D eigenvalue weighted by Gasteiger charge is 2.32. The van der Waals surface area contributed by atoms with E-state index in [-0.39, 0.29) is 35.6 Å². The van der Waals surface area contributed by atoms with Crippen molar-refractivity contribution >= 4 is 18.4 Å². The van der Waals surface area contributed by atoms with Gasteiger partial charge >= 0.3 is 5.97 Å². The van der Waals surface area contributed by atoms with Gasteiger partial charge < -0.3 is 15.6 Å². The van der Waals surface area contributed by atoms with Gasteiger partial charge in [0.1, 0.15) is 5.75 Å². The number of hydrogen-bond donors (Lipinski definition) is 2. The van der Waals surface area contributed by atoms with Crippen molar-refractivity contribution in [3.05, 3.63) is 28.8 Å². The zero-order valence-corrected chi connectivity index (χ0v) is 17.0.